The summed E-state index contributed by atoms with van der Waals surface area (Å²) >= 11 is 0. The first-order chi connectivity index (χ1) is 16.7. The Hall–Kier alpha value is -3.62. The van der Waals surface area contributed by atoms with E-state index < -0.39 is 0 Å². The maximum atomic E-state index is 12.2. The fraction of sp³-hybridized carbons (Fsp3) is 0.308. The molecule has 1 amide bonds. The van der Waals surface area contributed by atoms with Crippen LogP contribution in [0.5, 0.6) is 5.75 Å². The standard InChI is InChI=1S/C26H29N5O3/c32-26-23(22-4-1-2-5-24(22)28-26)18-27-25-17-20(29-30-25)16-19-6-8-21(9-7-19)34-13-3-10-31-11-14-33-15-12-31/h1-2,4-9,17-18H,3,10-16H2,(H,28,32)(H2,27,29,30). The molecular weight excluding hydrogens is 430 g/mol. The number of para-hydroxylation sites is 1. The molecule has 8 nitrogen and oxygen atoms in total. The molecule has 3 N–H and O–H groups in total. The van der Waals surface area contributed by atoms with Crippen LogP contribution in [0, 0.1) is 0 Å². The number of carbonyl (C=O) groups is 1. The number of aromatic nitrogens is 2. The summed E-state index contributed by atoms with van der Waals surface area (Å²) in [7, 11) is 0. The van der Waals surface area contributed by atoms with Gasteiger partial charge in [-0.3, -0.25) is 14.8 Å². The van der Waals surface area contributed by atoms with Crippen LogP contribution in [0.3, 0.4) is 0 Å². The molecule has 3 aromatic rings. The van der Waals surface area contributed by atoms with Gasteiger partial charge < -0.3 is 20.1 Å². The third-order valence-corrected chi connectivity index (χ3v) is 6.01. The van der Waals surface area contributed by atoms with Crippen LogP contribution in [-0.2, 0) is 16.0 Å². The topological polar surface area (TPSA) is 91.5 Å². The molecule has 34 heavy (non-hydrogen) atoms. The average Bonchev–Trinajstić information content (AvgIpc) is 3.45. The Kier molecular flexibility index (Phi) is 6.88. The number of nitrogens with zero attached hydrogens (tertiary/aromatic N) is 2. The van der Waals surface area contributed by atoms with Crippen LogP contribution >= 0.6 is 0 Å². The van der Waals surface area contributed by atoms with Crippen molar-refractivity contribution in [1.82, 2.24) is 15.1 Å². The van der Waals surface area contributed by atoms with Crippen LogP contribution in [0.4, 0.5) is 11.5 Å². The number of fused-ring (bicyclic) bond motifs is 1. The van der Waals surface area contributed by atoms with Crippen molar-refractivity contribution in [2.24, 2.45) is 0 Å². The Morgan fingerprint density at radius 2 is 1.94 bits per heavy atom. The first kappa shape index (κ1) is 22.2. The van der Waals surface area contributed by atoms with Crippen molar-refractivity contribution in [3.05, 3.63) is 77.6 Å². The fourth-order valence-electron chi connectivity index (χ4n) is 4.18. The molecule has 1 fully saturated rings. The lowest BCUT2D eigenvalue weighted by atomic mass is 10.1. The van der Waals surface area contributed by atoms with E-state index in [0.717, 1.165) is 73.3 Å². The molecule has 5 rings (SSSR count). The summed E-state index contributed by atoms with van der Waals surface area (Å²) in [6.45, 7) is 5.45. The number of benzene rings is 2. The van der Waals surface area contributed by atoms with Crippen molar-refractivity contribution < 1.29 is 14.3 Å². The molecule has 0 atom stereocenters. The molecule has 8 heteroatoms. The van der Waals surface area contributed by atoms with E-state index in [1.165, 1.54) is 0 Å². The first-order valence-corrected chi connectivity index (χ1v) is 11.7. The van der Waals surface area contributed by atoms with Crippen LogP contribution in [0.25, 0.3) is 5.57 Å². The molecule has 2 aliphatic rings. The first-order valence-electron chi connectivity index (χ1n) is 11.7. The van der Waals surface area contributed by atoms with Crippen molar-refractivity contribution in [2.45, 2.75) is 12.8 Å². The van der Waals surface area contributed by atoms with Crippen molar-refractivity contribution in [3.63, 3.8) is 0 Å². The summed E-state index contributed by atoms with van der Waals surface area (Å²) in [5, 5.41) is 13.4. The van der Waals surface area contributed by atoms with Gasteiger partial charge in [-0.25, -0.2) is 0 Å². The maximum Gasteiger partial charge on any atom is 0.257 e. The summed E-state index contributed by atoms with van der Waals surface area (Å²) < 4.78 is 11.3. The highest BCUT2D eigenvalue weighted by Gasteiger charge is 2.23. The fourth-order valence-corrected chi connectivity index (χ4v) is 4.18. The van der Waals surface area contributed by atoms with Crippen molar-refractivity contribution in [3.8, 4) is 5.75 Å². The summed E-state index contributed by atoms with van der Waals surface area (Å²) in [4.78, 5) is 14.6. The number of morpholine rings is 1. The molecule has 0 bridgehead atoms. The van der Waals surface area contributed by atoms with Gasteiger partial charge in [0.15, 0.2) is 0 Å². The maximum absolute atomic E-state index is 12.2. The SMILES string of the molecule is O=C1Nc2ccccc2C1=CNc1cc(Cc2ccc(OCCCN3CCOCC3)cc2)n[nH]1. The van der Waals surface area contributed by atoms with Crippen LogP contribution in [0.15, 0.2) is 60.8 Å². The Balaban J connectivity index is 1.10. The van der Waals surface area contributed by atoms with E-state index in [1.807, 2.05) is 42.5 Å². The highest BCUT2D eigenvalue weighted by molar-refractivity contribution is 6.31. The molecule has 0 unspecified atom stereocenters. The third-order valence-electron chi connectivity index (χ3n) is 6.01. The minimum absolute atomic E-state index is 0.114. The number of aromatic amines is 1. The Bertz CT molecular complexity index is 1150. The predicted molar refractivity (Wildman–Crippen MR) is 132 cm³/mol. The van der Waals surface area contributed by atoms with Crippen molar-refractivity contribution >= 4 is 23.0 Å². The zero-order chi connectivity index (χ0) is 23.2. The number of hydrogen-bond donors (Lipinski definition) is 3. The van der Waals surface area contributed by atoms with Crippen LogP contribution in [0.2, 0.25) is 0 Å². The molecule has 0 radical (unpaired) electrons. The Morgan fingerprint density at radius 1 is 1.12 bits per heavy atom. The number of amides is 1. The zero-order valence-electron chi connectivity index (χ0n) is 19.0. The van der Waals surface area contributed by atoms with E-state index >= 15 is 0 Å². The van der Waals surface area contributed by atoms with Crippen molar-refractivity contribution in [1.29, 1.82) is 0 Å². The van der Waals surface area contributed by atoms with E-state index in [4.69, 9.17) is 9.47 Å². The smallest absolute Gasteiger partial charge is 0.257 e. The molecule has 2 aliphatic heterocycles. The number of rotatable bonds is 9. The van der Waals surface area contributed by atoms with Gasteiger partial charge in [-0.15, -0.1) is 0 Å². The van der Waals surface area contributed by atoms with E-state index in [1.54, 1.807) is 6.20 Å². The van der Waals surface area contributed by atoms with Crippen LogP contribution in [0.1, 0.15) is 23.2 Å². The molecule has 3 heterocycles. The number of H-pyrrole nitrogens is 1. The van der Waals surface area contributed by atoms with Gasteiger partial charge in [0.2, 0.25) is 0 Å². The van der Waals surface area contributed by atoms with E-state index in [2.05, 4.69) is 37.9 Å². The highest BCUT2D eigenvalue weighted by atomic mass is 16.5. The van der Waals surface area contributed by atoms with Gasteiger partial charge in [0.25, 0.3) is 5.91 Å². The van der Waals surface area contributed by atoms with Gasteiger partial charge in [-0.05, 0) is 30.2 Å². The van der Waals surface area contributed by atoms with Crippen LogP contribution in [-0.4, -0.2) is 60.5 Å². The summed E-state index contributed by atoms with van der Waals surface area (Å²) in [6.07, 6.45) is 3.42. The van der Waals surface area contributed by atoms with E-state index in [9.17, 15) is 4.79 Å². The number of nitrogens with one attached hydrogen (secondary N) is 3. The molecule has 176 valence electrons. The second kappa shape index (κ2) is 10.5. The number of carbonyl (C=O) groups excluding carboxylic acids is 1. The van der Waals surface area contributed by atoms with Gasteiger partial charge in [0.05, 0.1) is 31.1 Å². The van der Waals surface area contributed by atoms with Gasteiger partial charge in [-0.1, -0.05) is 30.3 Å². The highest BCUT2D eigenvalue weighted by Crippen LogP contribution is 2.31. The lowest BCUT2D eigenvalue weighted by Gasteiger charge is -2.26. The Labute approximate surface area is 199 Å². The molecule has 0 spiro atoms. The Morgan fingerprint density at radius 3 is 2.79 bits per heavy atom. The second-order valence-corrected chi connectivity index (χ2v) is 8.45. The van der Waals surface area contributed by atoms with Gasteiger partial charge in [0, 0.05) is 49.6 Å². The third kappa shape index (κ3) is 5.47. The lowest BCUT2D eigenvalue weighted by molar-refractivity contribution is -0.110. The summed E-state index contributed by atoms with van der Waals surface area (Å²) in [5.74, 6) is 1.51. The molecule has 1 aromatic heterocycles. The van der Waals surface area contributed by atoms with Gasteiger partial charge in [-0.2, -0.15) is 5.10 Å². The molecular formula is C26H29N5O3. The van der Waals surface area contributed by atoms with Crippen molar-refractivity contribution in [2.75, 3.05) is 50.1 Å². The number of ether oxygens (including phenoxy) is 2. The van der Waals surface area contributed by atoms with Crippen LogP contribution < -0.4 is 15.4 Å². The van der Waals surface area contributed by atoms with Gasteiger partial charge >= 0.3 is 0 Å². The van der Waals surface area contributed by atoms with Gasteiger partial charge in [0.1, 0.15) is 11.6 Å². The predicted octanol–water partition coefficient (Wildman–Crippen LogP) is 3.51. The normalized spacial score (nSPS) is 16.9. The van der Waals surface area contributed by atoms with E-state index in [-0.39, 0.29) is 5.91 Å². The minimum atomic E-state index is -0.114. The second-order valence-electron chi connectivity index (χ2n) is 8.45. The average molecular weight is 460 g/mol. The quantitative estimate of drug-likeness (QED) is 0.335. The number of hydrogen-bond acceptors (Lipinski definition) is 6. The molecule has 1 saturated heterocycles. The monoisotopic (exact) mass is 459 g/mol. The lowest BCUT2D eigenvalue weighted by Crippen LogP contribution is -2.37. The number of anilines is 2. The molecule has 2 aromatic carbocycles. The summed E-state index contributed by atoms with van der Waals surface area (Å²) in [6, 6.07) is 17.8. The molecule has 0 aliphatic carbocycles. The largest absolute Gasteiger partial charge is 0.494 e. The summed E-state index contributed by atoms with van der Waals surface area (Å²) in [5.41, 5.74) is 4.39. The molecule has 0 saturated carbocycles. The zero-order valence-corrected chi connectivity index (χ0v) is 19.0. The minimum Gasteiger partial charge on any atom is -0.494 e. The van der Waals surface area contributed by atoms with E-state index in [0.29, 0.717) is 18.6 Å².